The fourth-order valence-electron chi connectivity index (χ4n) is 5.16. The minimum atomic E-state index is -0.548. The lowest BCUT2D eigenvalue weighted by Gasteiger charge is -2.39. The summed E-state index contributed by atoms with van der Waals surface area (Å²) in [7, 11) is 0. The van der Waals surface area contributed by atoms with Gasteiger partial charge in [0.1, 0.15) is 11.4 Å². The van der Waals surface area contributed by atoms with Crippen LogP contribution in [0.25, 0.3) is 11.0 Å². The maximum atomic E-state index is 12.9. The molecule has 1 fully saturated rings. The third kappa shape index (κ3) is 9.45. The second-order valence-corrected chi connectivity index (χ2v) is 11.7. The zero-order chi connectivity index (χ0) is 29.4. The molecule has 0 aliphatic carbocycles. The third-order valence-electron chi connectivity index (χ3n) is 7.28. The van der Waals surface area contributed by atoms with Crippen molar-refractivity contribution in [1.29, 1.82) is 0 Å². The maximum absolute atomic E-state index is 12.9. The zero-order valence-electron chi connectivity index (χ0n) is 25.2. The number of carbonyl (C=O) groups is 1. The van der Waals surface area contributed by atoms with E-state index < -0.39 is 5.60 Å². The van der Waals surface area contributed by atoms with Gasteiger partial charge in [0, 0.05) is 18.9 Å². The first-order valence-electron chi connectivity index (χ1n) is 14.7. The largest absolute Gasteiger partial charge is 0.494 e. The number of nitrogens with zero attached hydrogens (tertiary/aromatic N) is 2. The average Bonchev–Trinajstić information content (AvgIpc) is 3.46. The molecule has 9 heteroatoms. The van der Waals surface area contributed by atoms with Gasteiger partial charge in [0.05, 0.1) is 56.4 Å². The maximum Gasteiger partial charge on any atom is 0.410 e. The van der Waals surface area contributed by atoms with Crippen LogP contribution < -0.4 is 4.74 Å². The van der Waals surface area contributed by atoms with Crippen LogP contribution in [0.2, 0.25) is 0 Å². The molecule has 0 radical (unpaired) electrons. The average molecular weight is 608 g/mol. The zero-order valence-corrected chi connectivity index (χ0v) is 26.0. The molecule has 230 valence electrons. The molecule has 0 bridgehead atoms. The van der Waals surface area contributed by atoms with Crippen LogP contribution in [0, 0.1) is 0 Å². The molecule has 1 aliphatic heterocycles. The molecule has 5 rings (SSSR count). The summed E-state index contributed by atoms with van der Waals surface area (Å²) in [4.78, 5) is 22.1. The molecule has 1 aliphatic rings. The van der Waals surface area contributed by atoms with Gasteiger partial charge in [0.15, 0.2) is 0 Å². The molecule has 0 saturated carbocycles. The fourth-order valence-corrected chi connectivity index (χ4v) is 5.16. The summed E-state index contributed by atoms with van der Waals surface area (Å²) in [5.41, 5.74) is 4.75. The van der Waals surface area contributed by atoms with E-state index in [0.29, 0.717) is 39.5 Å². The van der Waals surface area contributed by atoms with Crippen LogP contribution in [0.15, 0.2) is 79.1 Å². The number of benzene rings is 3. The van der Waals surface area contributed by atoms with E-state index in [9.17, 15) is 4.79 Å². The van der Waals surface area contributed by atoms with Crippen LogP contribution in [-0.2, 0) is 27.4 Å². The van der Waals surface area contributed by atoms with Crippen LogP contribution in [0.5, 0.6) is 5.75 Å². The Morgan fingerprint density at radius 1 is 0.977 bits per heavy atom. The second kappa shape index (κ2) is 15.2. The van der Waals surface area contributed by atoms with Gasteiger partial charge in [-0.25, -0.2) is 9.78 Å². The number of hydrogen-bond acceptors (Lipinski definition) is 6. The first kappa shape index (κ1) is 32.3. The number of imidazole rings is 1. The molecule has 1 aromatic heterocycles. The Morgan fingerprint density at radius 3 is 2.53 bits per heavy atom. The Morgan fingerprint density at radius 2 is 1.77 bits per heavy atom. The smallest absolute Gasteiger partial charge is 0.410 e. The Kier molecular flexibility index (Phi) is 11.4. The highest BCUT2D eigenvalue weighted by Crippen LogP contribution is 2.33. The van der Waals surface area contributed by atoms with Crippen molar-refractivity contribution in [3.05, 3.63) is 95.8 Å². The van der Waals surface area contributed by atoms with Gasteiger partial charge in [0.2, 0.25) is 0 Å². The van der Waals surface area contributed by atoms with Crippen LogP contribution in [-0.4, -0.2) is 59.0 Å². The minimum absolute atomic E-state index is 0. The van der Waals surface area contributed by atoms with Crippen molar-refractivity contribution in [1.82, 2.24) is 14.9 Å². The van der Waals surface area contributed by atoms with E-state index in [0.717, 1.165) is 35.2 Å². The van der Waals surface area contributed by atoms with Crippen molar-refractivity contribution in [2.24, 2.45) is 0 Å². The molecule has 4 aromatic rings. The predicted molar refractivity (Wildman–Crippen MR) is 170 cm³/mol. The van der Waals surface area contributed by atoms with E-state index in [2.05, 4.69) is 40.3 Å². The number of rotatable bonds is 11. The second-order valence-electron chi connectivity index (χ2n) is 11.7. The van der Waals surface area contributed by atoms with E-state index in [-0.39, 0.29) is 30.5 Å². The molecule has 2 heterocycles. The Bertz CT molecular complexity index is 1420. The number of likely N-dealkylation sites (tertiary alicyclic amines) is 1. The molecular formula is C34H42ClN3O5. The number of aromatic amines is 1. The van der Waals surface area contributed by atoms with Crippen LogP contribution in [0.3, 0.4) is 0 Å². The number of carbonyl (C=O) groups excluding carboxylic acids is 1. The normalized spacial score (nSPS) is 17.0. The number of aromatic nitrogens is 2. The summed E-state index contributed by atoms with van der Waals surface area (Å²) >= 11 is 0. The molecule has 1 saturated heterocycles. The van der Waals surface area contributed by atoms with Crippen LogP contribution in [0.1, 0.15) is 56.2 Å². The number of ether oxygens (including phenoxy) is 4. The first-order chi connectivity index (χ1) is 20.3. The lowest BCUT2D eigenvalue weighted by Crippen LogP contribution is -2.48. The standard InChI is InChI=1S/C34H41N3O5.ClH/c1-34(2,3)42-33(38)37-17-16-29(32(21-37)41-23-26-10-15-30-31(20-26)36-24-35-30)27-11-13-28(14-12-27)40-19-7-18-39-22-25-8-5-4-6-9-25;/h4-6,8-15,20,24,29,32H,7,16-19,21-23H2,1-3H3,(H,35,36);1H. The molecule has 1 amide bonds. The van der Waals surface area contributed by atoms with Gasteiger partial charge in [-0.05, 0) is 68.1 Å². The molecular weight excluding hydrogens is 566 g/mol. The fraction of sp³-hybridized carbons (Fsp3) is 0.412. The number of halogens is 1. The number of amides is 1. The molecule has 43 heavy (non-hydrogen) atoms. The van der Waals surface area contributed by atoms with E-state index in [4.69, 9.17) is 18.9 Å². The Balaban J connectivity index is 0.00000423. The highest BCUT2D eigenvalue weighted by atomic mass is 35.5. The van der Waals surface area contributed by atoms with E-state index in [1.165, 1.54) is 11.1 Å². The molecule has 3 aromatic carbocycles. The topological polar surface area (TPSA) is 85.9 Å². The third-order valence-corrected chi connectivity index (χ3v) is 7.28. The van der Waals surface area contributed by atoms with Gasteiger partial charge in [-0.15, -0.1) is 12.4 Å². The summed E-state index contributed by atoms with van der Waals surface area (Å²) in [6.07, 6.45) is 2.81. The summed E-state index contributed by atoms with van der Waals surface area (Å²) in [5, 5.41) is 0. The van der Waals surface area contributed by atoms with Crippen molar-refractivity contribution in [3.63, 3.8) is 0 Å². The quantitative estimate of drug-likeness (QED) is 0.180. The highest BCUT2D eigenvalue weighted by molar-refractivity contribution is 5.85. The number of H-pyrrole nitrogens is 1. The van der Waals surface area contributed by atoms with Crippen molar-refractivity contribution in [2.45, 2.75) is 64.4 Å². The van der Waals surface area contributed by atoms with Crippen molar-refractivity contribution >= 4 is 29.5 Å². The summed E-state index contributed by atoms with van der Waals surface area (Å²) < 4.78 is 23.9. The Hall–Kier alpha value is -3.59. The minimum Gasteiger partial charge on any atom is -0.494 e. The van der Waals surface area contributed by atoms with Crippen molar-refractivity contribution in [3.8, 4) is 5.75 Å². The van der Waals surface area contributed by atoms with Gasteiger partial charge in [-0.3, -0.25) is 0 Å². The number of nitrogens with one attached hydrogen (secondary N) is 1. The van der Waals surface area contributed by atoms with Gasteiger partial charge < -0.3 is 28.8 Å². The molecule has 0 spiro atoms. The van der Waals surface area contributed by atoms with Crippen molar-refractivity contribution in [2.75, 3.05) is 26.3 Å². The van der Waals surface area contributed by atoms with Gasteiger partial charge in [0.25, 0.3) is 0 Å². The highest BCUT2D eigenvalue weighted by Gasteiger charge is 2.35. The number of hydrogen-bond donors (Lipinski definition) is 1. The summed E-state index contributed by atoms with van der Waals surface area (Å²) in [6.45, 7) is 9.03. The van der Waals surface area contributed by atoms with E-state index >= 15 is 0 Å². The number of piperidine rings is 1. The molecule has 1 N–H and O–H groups in total. The molecule has 2 unspecified atom stereocenters. The molecule has 2 atom stereocenters. The van der Waals surface area contributed by atoms with Crippen LogP contribution in [0.4, 0.5) is 4.79 Å². The van der Waals surface area contributed by atoms with E-state index in [1.807, 2.05) is 63.2 Å². The molecule has 8 nitrogen and oxygen atoms in total. The lowest BCUT2D eigenvalue weighted by atomic mass is 9.87. The SMILES string of the molecule is CC(C)(C)OC(=O)N1CCC(c2ccc(OCCCOCc3ccccc3)cc2)C(OCc2ccc3nc[nH]c3c2)C1.Cl. The Labute approximate surface area is 260 Å². The monoisotopic (exact) mass is 607 g/mol. The van der Waals surface area contributed by atoms with E-state index in [1.54, 1.807) is 11.2 Å². The first-order valence-corrected chi connectivity index (χ1v) is 14.7. The van der Waals surface area contributed by atoms with Gasteiger partial charge >= 0.3 is 6.09 Å². The number of fused-ring (bicyclic) bond motifs is 1. The summed E-state index contributed by atoms with van der Waals surface area (Å²) in [6, 6.07) is 24.5. The summed E-state index contributed by atoms with van der Waals surface area (Å²) in [5.74, 6) is 0.971. The van der Waals surface area contributed by atoms with Crippen LogP contribution >= 0.6 is 12.4 Å². The van der Waals surface area contributed by atoms with Crippen molar-refractivity contribution < 1.29 is 23.7 Å². The van der Waals surface area contributed by atoms with Gasteiger partial charge in [-0.2, -0.15) is 0 Å². The lowest BCUT2D eigenvalue weighted by molar-refractivity contribution is -0.0359. The van der Waals surface area contributed by atoms with Gasteiger partial charge in [-0.1, -0.05) is 48.5 Å². The predicted octanol–water partition coefficient (Wildman–Crippen LogP) is 7.28.